The van der Waals surface area contributed by atoms with E-state index in [1.807, 2.05) is 48.7 Å². The minimum atomic E-state index is -1.26. The van der Waals surface area contributed by atoms with Crippen molar-refractivity contribution in [1.29, 1.82) is 0 Å². The molecule has 1 saturated heterocycles. The van der Waals surface area contributed by atoms with Crippen LogP contribution >= 0.6 is 11.6 Å². The molecule has 0 spiro atoms. The first-order valence-corrected chi connectivity index (χ1v) is 13.4. The standard InChI is InChI=1S/C26H23ClN6O.C4H4O4/c1-31-24-16-30-22-6-4-17(18-3-2-8-29-15-18)13-20(22)25(24)33(26(31)34)19-5-7-23(21(27)14-19)32-11-9-28-10-12-32;5-3(6)1-2-4(7)8/h2-8,13-16,28H,9-12H2,1H3;1-2H,(H,5,6)(H,7,8). The molecular formula is C30H27ClN6O5. The fourth-order valence-electron chi connectivity index (χ4n) is 4.89. The fourth-order valence-corrected chi connectivity index (χ4v) is 5.18. The zero-order valence-corrected chi connectivity index (χ0v) is 23.3. The molecule has 3 N–H and O–H groups in total. The van der Waals surface area contributed by atoms with E-state index >= 15 is 0 Å². The van der Waals surface area contributed by atoms with Gasteiger partial charge in [-0.1, -0.05) is 23.7 Å². The lowest BCUT2D eigenvalue weighted by Crippen LogP contribution is -2.43. The third kappa shape index (κ3) is 5.87. The van der Waals surface area contributed by atoms with Gasteiger partial charge in [0.1, 0.15) is 0 Å². The van der Waals surface area contributed by atoms with Crippen molar-refractivity contribution >= 4 is 51.2 Å². The molecule has 6 rings (SSSR count). The molecule has 11 nitrogen and oxygen atoms in total. The number of nitrogens with zero attached hydrogens (tertiary/aromatic N) is 5. The van der Waals surface area contributed by atoms with Gasteiger partial charge in [0.15, 0.2) is 0 Å². The van der Waals surface area contributed by atoms with Crippen LogP contribution < -0.4 is 15.9 Å². The number of benzene rings is 2. The second kappa shape index (κ2) is 12.2. The number of aryl methyl sites for hydroxylation is 1. The molecule has 4 heterocycles. The van der Waals surface area contributed by atoms with E-state index in [0.29, 0.717) is 17.2 Å². The van der Waals surface area contributed by atoms with Crippen LogP contribution in [0.2, 0.25) is 5.02 Å². The molecule has 5 aromatic rings. The molecule has 0 aliphatic carbocycles. The molecule has 0 atom stereocenters. The molecule has 0 bridgehead atoms. The number of carboxylic acid groups (broad SMARTS) is 2. The Morgan fingerprint density at radius 2 is 1.71 bits per heavy atom. The summed E-state index contributed by atoms with van der Waals surface area (Å²) in [5, 5.41) is 20.5. The largest absolute Gasteiger partial charge is 0.478 e. The zero-order valence-electron chi connectivity index (χ0n) is 22.6. The van der Waals surface area contributed by atoms with Gasteiger partial charge in [0.25, 0.3) is 0 Å². The van der Waals surface area contributed by atoms with Crippen molar-refractivity contribution < 1.29 is 19.8 Å². The number of imidazole rings is 1. The smallest absolute Gasteiger partial charge is 0.333 e. The SMILES string of the molecule is Cn1c(=O)n(-c2ccc(N3CCNCC3)c(Cl)c2)c2c3cc(-c4cccnc4)ccc3ncc21.O=C(O)C=CC(=O)O. The maximum atomic E-state index is 13.4. The number of fused-ring (bicyclic) bond motifs is 3. The van der Waals surface area contributed by atoms with Gasteiger partial charge in [0.05, 0.1) is 39.1 Å². The van der Waals surface area contributed by atoms with Crippen molar-refractivity contribution in [2.45, 2.75) is 0 Å². The Morgan fingerprint density at radius 3 is 2.36 bits per heavy atom. The van der Waals surface area contributed by atoms with Crippen LogP contribution in [0.25, 0.3) is 38.8 Å². The highest BCUT2D eigenvalue weighted by atomic mass is 35.5. The first-order chi connectivity index (χ1) is 20.2. The minimum Gasteiger partial charge on any atom is -0.478 e. The van der Waals surface area contributed by atoms with Crippen LogP contribution in [-0.4, -0.2) is 67.4 Å². The third-order valence-corrected chi connectivity index (χ3v) is 7.20. The number of hydrogen-bond donors (Lipinski definition) is 3. The van der Waals surface area contributed by atoms with Gasteiger partial charge >= 0.3 is 17.6 Å². The van der Waals surface area contributed by atoms with Crippen molar-refractivity contribution in [3.8, 4) is 16.8 Å². The Bertz CT molecular complexity index is 1860. The topological polar surface area (TPSA) is 143 Å². The quantitative estimate of drug-likeness (QED) is 0.263. The van der Waals surface area contributed by atoms with E-state index in [2.05, 4.69) is 26.3 Å². The summed E-state index contributed by atoms with van der Waals surface area (Å²) in [6, 6.07) is 15.9. The van der Waals surface area contributed by atoms with Crippen molar-refractivity contribution in [3.05, 3.63) is 94.8 Å². The van der Waals surface area contributed by atoms with Crippen LogP contribution in [0, 0.1) is 0 Å². The average Bonchev–Trinajstić information content (AvgIpc) is 3.26. The van der Waals surface area contributed by atoms with Gasteiger partial charge in [0.2, 0.25) is 0 Å². The van der Waals surface area contributed by atoms with Crippen molar-refractivity contribution in [1.82, 2.24) is 24.4 Å². The van der Waals surface area contributed by atoms with Crippen LogP contribution in [0.5, 0.6) is 0 Å². The summed E-state index contributed by atoms with van der Waals surface area (Å²) >= 11 is 6.74. The van der Waals surface area contributed by atoms with Gasteiger partial charge in [-0.05, 0) is 42.0 Å². The molecule has 1 fully saturated rings. The van der Waals surface area contributed by atoms with Gasteiger partial charge in [-0.2, -0.15) is 0 Å². The maximum absolute atomic E-state index is 13.4. The minimum absolute atomic E-state index is 0.137. The summed E-state index contributed by atoms with van der Waals surface area (Å²) in [6.07, 6.45) is 6.47. The monoisotopic (exact) mass is 586 g/mol. The van der Waals surface area contributed by atoms with Gasteiger partial charge in [0, 0.05) is 68.7 Å². The van der Waals surface area contributed by atoms with Crippen LogP contribution in [0.1, 0.15) is 0 Å². The number of pyridine rings is 2. The summed E-state index contributed by atoms with van der Waals surface area (Å²) in [7, 11) is 1.77. The molecule has 2 aromatic carbocycles. The first kappa shape index (κ1) is 28.5. The summed E-state index contributed by atoms with van der Waals surface area (Å²) < 4.78 is 3.37. The van der Waals surface area contributed by atoms with E-state index in [1.54, 1.807) is 28.6 Å². The Balaban J connectivity index is 0.000000390. The van der Waals surface area contributed by atoms with E-state index in [9.17, 15) is 14.4 Å². The number of carbonyl (C=O) groups is 2. The van der Waals surface area contributed by atoms with Crippen molar-refractivity contribution in [2.24, 2.45) is 7.05 Å². The van der Waals surface area contributed by atoms with E-state index in [4.69, 9.17) is 21.8 Å². The molecule has 42 heavy (non-hydrogen) atoms. The highest BCUT2D eigenvalue weighted by Gasteiger charge is 2.19. The second-order valence-electron chi connectivity index (χ2n) is 9.53. The van der Waals surface area contributed by atoms with Crippen molar-refractivity contribution in [3.63, 3.8) is 0 Å². The number of hydrogen-bond acceptors (Lipinski definition) is 7. The van der Waals surface area contributed by atoms with Crippen LogP contribution in [0.15, 0.2) is 84.1 Å². The molecule has 0 saturated carbocycles. The van der Waals surface area contributed by atoms with Gasteiger partial charge in [-0.15, -0.1) is 0 Å². The van der Waals surface area contributed by atoms with Crippen molar-refractivity contribution in [2.75, 3.05) is 31.1 Å². The van der Waals surface area contributed by atoms with Crippen LogP contribution in [-0.2, 0) is 16.6 Å². The molecule has 0 unspecified atom stereocenters. The predicted octanol–water partition coefficient (Wildman–Crippen LogP) is 3.71. The number of anilines is 1. The summed E-state index contributed by atoms with van der Waals surface area (Å²) in [6.45, 7) is 3.67. The Morgan fingerprint density at radius 1 is 0.976 bits per heavy atom. The van der Waals surface area contributed by atoms with Gasteiger partial charge < -0.3 is 20.4 Å². The normalized spacial score (nSPS) is 13.3. The number of aromatic nitrogens is 4. The second-order valence-corrected chi connectivity index (χ2v) is 9.93. The lowest BCUT2D eigenvalue weighted by atomic mass is 10.0. The highest BCUT2D eigenvalue weighted by molar-refractivity contribution is 6.33. The van der Waals surface area contributed by atoms with Gasteiger partial charge in [-0.3, -0.25) is 19.1 Å². The van der Waals surface area contributed by atoms with E-state index in [1.165, 1.54) is 0 Å². The molecule has 3 aromatic heterocycles. The predicted molar refractivity (Wildman–Crippen MR) is 162 cm³/mol. The molecule has 0 amide bonds. The molecule has 214 valence electrons. The Hall–Kier alpha value is -5.00. The molecule has 1 aliphatic heterocycles. The number of halogens is 1. The number of piperazine rings is 1. The van der Waals surface area contributed by atoms with Gasteiger partial charge in [-0.25, -0.2) is 14.4 Å². The lowest BCUT2D eigenvalue weighted by molar-refractivity contribution is -0.134. The van der Waals surface area contributed by atoms with Crippen LogP contribution in [0.3, 0.4) is 0 Å². The van der Waals surface area contributed by atoms with E-state index in [-0.39, 0.29) is 5.69 Å². The Labute approximate surface area is 244 Å². The molecule has 1 aliphatic rings. The number of nitrogens with one attached hydrogen (secondary N) is 1. The average molecular weight is 587 g/mol. The maximum Gasteiger partial charge on any atom is 0.333 e. The number of carboxylic acids is 2. The highest BCUT2D eigenvalue weighted by Crippen LogP contribution is 2.32. The third-order valence-electron chi connectivity index (χ3n) is 6.89. The zero-order chi connectivity index (χ0) is 29.8. The molecule has 12 heteroatoms. The lowest BCUT2D eigenvalue weighted by Gasteiger charge is -2.30. The molecular weight excluding hydrogens is 560 g/mol. The fraction of sp³-hybridized carbons (Fsp3) is 0.167. The Kier molecular flexibility index (Phi) is 8.32. The first-order valence-electron chi connectivity index (χ1n) is 13.0. The van der Waals surface area contributed by atoms with Crippen LogP contribution in [0.4, 0.5) is 5.69 Å². The summed E-state index contributed by atoms with van der Waals surface area (Å²) in [5.41, 5.74) is 6.02. The number of rotatable bonds is 5. The summed E-state index contributed by atoms with van der Waals surface area (Å²) in [5.74, 6) is -2.51. The van der Waals surface area contributed by atoms with E-state index < -0.39 is 11.9 Å². The number of aliphatic carboxylic acids is 2. The molecule has 0 radical (unpaired) electrons. The van der Waals surface area contributed by atoms with E-state index in [0.717, 1.165) is 70.6 Å². The summed E-state index contributed by atoms with van der Waals surface area (Å²) in [4.78, 5) is 43.7.